The molecule has 0 aromatic carbocycles. The van der Waals surface area contributed by atoms with Gasteiger partial charge in [0.25, 0.3) is 0 Å². The number of hydrogen-bond donors (Lipinski definition) is 0. The van der Waals surface area contributed by atoms with Gasteiger partial charge in [0.05, 0.1) is 79.3 Å². The molecule has 2 rings (SSSR count). The molecule has 0 N–H and O–H groups in total. The topological polar surface area (TPSA) is 241 Å². The van der Waals surface area contributed by atoms with Gasteiger partial charge in [0.2, 0.25) is 0 Å². The molecule has 2 aliphatic rings. The maximum Gasteiger partial charge on any atom is 1.20 e. The Balaban J connectivity index is 1.59. The highest BCUT2D eigenvalue weighted by molar-refractivity contribution is 6.44. The first kappa shape index (κ1) is 40.7. The Morgan fingerprint density at radius 3 is 1.04 bits per heavy atom. The normalized spacial score (nSPS) is 18.8. The lowest BCUT2D eigenvalue weighted by Crippen LogP contribution is -2.38. The second kappa shape index (κ2) is 26.5. The molecule has 21 nitrogen and oxygen atoms in total. The monoisotopic (exact) mass is 714 g/mol. The lowest BCUT2D eigenvalue weighted by atomic mass is 10.7. The van der Waals surface area contributed by atoms with E-state index in [4.69, 9.17) is 65.4 Å². The minimum absolute atomic E-state index is 0.0153. The van der Waals surface area contributed by atoms with Gasteiger partial charge < -0.3 is 65.4 Å². The van der Waals surface area contributed by atoms with Crippen LogP contribution in [0, 0.1) is 0 Å². The van der Waals surface area contributed by atoms with Gasteiger partial charge in [-0.15, -0.1) is 0 Å². The van der Waals surface area contributed by atoms with E-state index in [1.54, 1.807) is 0 Å². The summed E-state index contributed by atoms with van der Waals surface area (Å²) >= 11 is -7.14. The lowest BCUT2D eigenvalue weighted by molar-refractivity contribution is -0.157. The summed E-state index contributed by atoms with van der Waals surface area (Å²) in [5.41, 5.74) is 0. The summed E-state index contributed by atoms with van der Waals surface area (Å²) in [5, 5.41) is 0. The number of carbonyl (C=O) groups is 6. The van der Waals surface area contributed by atoms with E-state index in [2.05, 4.69) is 0 Å². The van der Waals surface area contributed by atoms with Gasteiger partial charge in [0.15, 0.2) is 0 Å². The van der Waals surface area contributed by atoms with Crippen molar-refractivity contribution >= 4 is 66.1 Å². The standard InChI is InChI=1S/3C8H14O7.2Al/c3*9-7(10)5-14-3-1-13-2-4-15-6-8(11)12;;/h3*1-6H2,(H,9,10)(H,11,12);;/q;;;2*+3/p-6. The largest absolute Gasteiger partial charge is 1.20 e. The molecule has 264 valence electrons. The average molecular weight is 714 g/mol. The van der Waals surface area contributed by atoms with E-state index in [0.717, 1.165) is 0 Å². The maximum atomic E-state index is 12.1. The van der Waals surface area contributed by atoms with Crippen LogP contribution < -0.4 is 0 Å². The molecule has 0 aliphatic carbocycles. The van der Waals surface area contributed by atoms with E-state index >= 15 is 0 Å². The van der Waals surface area contributed by atoms with Gasteiger partial charge >= 0.3 is 66.1 Å². The van der Waals surface area contributed by atoms with Crippen molar-refractivity contribution in [1.82, 2.24) is 0 Å². The van der Waals surface area contributed by atoms with Crippen LogP contribution in [0.1, 0.15) is 0 Å². The Morgan fingerprint density at radius 1 is 0.447 bits per heavy atom. The van der Waals surface area contributed by atoms with Crippen LogP contribution in [0.15, 0.2) is 0 Å². The number of carbonyl (C=O) groups excluding carboxylic acids is 6. The molecule has 2 saturated heterocycles. The zero-order chi connectivity index (χ0) is 34.0. The van der Waals surface area contributed by atoms with Crippen LogP contribution >= 0.6 is 0 Å². The Bertz CT molecular complexity index is 845. The second-order valence-electron chi connectivity index (χ2n) is 8.67. The fourth-order valence-corrected chi connectivity index (χ4v) is 4.92. The third kappa shape index (κ3) is 22.7. The van der Waals surface area contributed by atoms with Gasteiger partial charge in [0, 0.05) is 0 Å². The molecule has 2 fully saturated rings. The first-order valence-corrected chi connectivity index (χ1v) is 17.0. The minimum atomic E-state index is -3.57. The van der Waals surface area contributed by atoms with Crippen molar-refractivity contribution in [1.29, 1.82) is 0 Å². The highest BCUT2D eigenvalue weighted by atomic mass is 27.3. The molecule has 0 bridgehead atoms. The zero-order valence-electron chi connectivity index (χ0n) is 25.5. The van der Waals surface area contributed by atoms with Gasteiger partial charge in [0.1, 0.15) is 39.6 Å². The Labute approximate surface area is 278 Å². The van der Waals surface area contributed by atoms with Crippen molar-refractivity contribution < 1.29 is 94.1 Å². The molecule has 0 aromatic rings. The zero-order valence-corrected chi connectivity index (χ0v) is 27.8. The van der Waals surface area contributed by atoms with Crippen molar-refractivity contribution in [3.8, 4) is 0 Å². The van der Waals surface area contributed by atoms with Crippen LogP contribution in [0.5, 0.6) is 0 Å². The van der Waals surface area contributed by atoms with Crippen molar-refractivity contribution in [2.75, 3.05) is 119 Å². The Kier molecular flexibility index (Phi) is 22.9. The first-order chi connectivity index (χ1) is 22.8. The summed E-state index contributed by atoms with van der Waals surface area (Å²) in [6.07, 6.45) is 0. The highest BCUT2D eigenvalue weighted by Crippen LogP contribution is 2.01. The molecule has 0 radical (unpaired) electrons. The van der Waals surface area contributed by atoms with E-state index in [1.165, 1.54) is 0 Å². The fraction of sp³-hybridized carbons (Fsp3) is 0.750. The number of rotatable bonds is 12. The van der Waals surface area contributed by atoms with E-state index in [1.807, 2.05) is 0 Å². The quantitative estimate of drug-likeness (QED) is 0.140. The average Bonchev–Trinajstić information content (AvgIpc) is 3.01. The predicted octanol–water partition coefficient (Wildman–Crippen LogP) is -3.61. The summed E-state index contributed by atoms with van der Waals surface area (Å²) in [7, 11) is 0. The summed E-state index contributed by atoms with van der Waals surface area (Å²) in [6.45, 7) is -1.84. The Morgan fingerprint density at radius 2 is 0.723 bits per heavy atom. The Hall–Kier alpha value is -2.48. The highest BCUT2D eigenvalue weighted by Gasteiger charge is 2.50. The molecule has 2 heterocycles. The van der Waals surface area contributed by atoms with E-state index in [0.29, 0.717) is 0 Å². The molecule has 47 heavy (non-hydrogen) atoms. The van der Waals surface area contributed by atoms with Crippen LogP contribution in [0.3, 0.4) is 0 Å². The third-order valence-electron chi connectivity index (χ3n) is 4.92. The van der Waals surface area contributed by atoms with Gasteiger partial charge in [-0.25, -0.2) is 0 Å². The summed E-state index contributed by atoms with van der Waals surface area (Å²) in [4.78, 5) is 71.8. The first-order valence-electron chi connectivity index (χ1n) is 14.2. The van der Waals surface area contributed by atoms with E-state index in [-0.39, 0.29) is 79.3 Å². The van der Waals surface area contributed by atoms with Gasteiger partial charge in [-0.2, -0.15) is 0 Å². The van der Waals surface area contributed by atoms with Crippen LogP contribution in [-0.2, 0) is 94.1 Å². The van der Waals surface area contributed by atoms with Gasteiger partial charge in [-0.3, -0.25) is 28.8 Å². The van der Waals surface area contributed by atoms with Crippen LogP contribution in [0.4, 0.5) is 0 Å². The molecule has 0 atom stereocenters. The molecule has 2 aliphatic heterocycles. The van der Waals surface area contributed by atoms with Gasteiger partial charge in [-0.05, 0) is 0 Å². The maximum absolute atomic E-state index is 12.1. The third-order valence-corrected chi connectivity index (χ3v) is 7.65. The summed E-state index contributed by atoms with van der Waals surface area (Å²) < 4.78 is 75.8. The minimum Gasteiger partial charge on any atom is -0.549 e. The van der Waals surface area contributed by atoms with Crippen molar-refractivity contribution in [3.05, 3.63) is 0 Å². The van der Waals surface area contributed by atoms with Crippen LogP contribution in [-0.4, -0.2) is 185 Å². The molecule has 23 heteroatoms. The smallest absolute Gasteiger partial charge is 0.549 e. The molecule has 0 unspecified atom stereocenters. The van der Waals surface area contributed by atoms with Crippen molar-refractivity contribution in [2.24, 2.45) is 0 Å². The van der Waals surface area contributed by atoms with E-state index in [9.17, 15) is 28.8 Å². The van der Waals surface area contributed by atoms with E-state index < -0.39 is 106 Å². The fourth-order valence-electron chi connectivity index (χ4n) is 2.94. The molecule has 0 amide bonds. The SMILES string of the molecule is O=C1COCCOCCOCC(=O)[O][Al]([O]C(=O)COCCOCCOCC(=O)[O][Al]2[O]C(=O)COCCOCCOCC(=O)[O]2)[O]1. The molecule has 0 spiro atoms. The van der Waals surface area contributed by atoms with Crippen LogP contribution in [0.25, 0.3) is 0 Å². The lowest BCUT2D eigenvalue weighted by Gasteiger charge is -2.15. The molecular formula is C24H36Al2O21. The van der Waals surface area contributed by atoms with Crippen molar-refractivity contribution in [3.63, 3.8) is 0 Å². The molecule has 0 saturated carbocycles. The van der Waals surface area contributed by atoms with Gasteiger partial charge in [-0.1, -0.05) is 0 Å². The van der Waals surface area contributed by atoms with Crippen molar-refractivity contribution in [2.45, 2.75) is 0 Å². The number of ether oxygens (including phenoxy) is 9. The second-order valence-corrected chi connectivity index (χ2v) is 11.2. The predicted molar refractivity (Wildman–Crippen MR) is 145 cm³/mol. The molecular weight excluding hydrogens is 678 g/mol. The number of hydrogen-bond acceptors (Lipinski definition) is 21. The molecule has 0 aromatic heterocycles. The summed E-state index contributed by atoms with van der Waals surface area (Å²) in [6, 6.07) is 0. The summed E-state index contributed by atoms with van der Waals surface area (Å²) in [5.74, 6) is -5.51. The van der Waals surface area contributed by atoms with Crippen LogP contribution in [0.2, 0.25) is 0 Å².